The summed E-state index contributed by atoms with van der Waals surface area (Å²) in [5.74, 6) is 0. The van der Waals surface area contributed by atoms with Gasteiger partial charge in [-0.25, -0.2) is 0 Å². The minimum atomic E-state index is -0.106. The highest BCUT2D eigenvalue weighted by Crippen LogP contribution is 2.50. The first-order valence-electron chi connectivity index (χ1n) is 18.2. The molecular weight excluding hydrogens is 645 g/mol. The van der Waals surface area contributed by atoms with Gasteiger partial charge in [0.2, 0.25) is 0 Å². The minimum absolute atomic E-state index is 0.106. The monoisotopic (exact) mass is 675 g/mol. The number of nitrogens with zero attached hydrogens (tertiary/aromatic N) is 3. The van der Waals surface area contributed by atoms with E-state index in [0.29, 0.717) is 0 Å². The summed E-state index contributed by atoms with van der Waals surface area (Å²) in [5.41, 5.74) is 16.2. The first kappa shape index (κ1) is 28.7. The molecule has 2 aliphatic rings. The Morgan fingerprint density at radius 3 is 1.91 bits per heavy atom. The molecule has 0 spiro atoms. The third-order valence-electron chi connectivity index (χ3n) is 11.3. The molecule has 2 aromatic heterocycles. The molecule has 5 heteroatoms. The van der Waals surface area contributed by atoms with Gasteiger partial charge in [0, 0.05) is 55.5 Å². The molecule has 12 rings (SSSR count). The standard InChI is InChI=1S/C48H30BN3O/c1-4-16-31(17-5-1)50(32-18-6-2-7-19-32)43-29-38-34-22-10-14-26-41(34)52(33-20-8-3-9-21-33)49-39-30-45-37(35-23-12-15-27-44(35)53-45)28-42(39)51-40-25-13-11-24-36(40)46(43)48(51)47(38)49/h1-30H. The maximum Gasteiger partial charge on any atom is 0.333 e. The highest BCUT2D eigenvalue weighted by molar-refractivity contribution is 6.94. The van der Waals surface area contributed by atoms with E-state index >= 15 is 0 Å². The first-order chi connectivity index (χ1) is 26.3. The van der Waals surface area contributed by atoms with Crippen LogP contribution in [0.3, 0.4) is 0 Å². The molecular formula is C48H30BN3O. The predicted octanol–water partition coefficient (Wildman–Crippen LogP) is 11.4. The summed E-state index contributed by atoms with van der Waals surface area (Å²) in [6.45, 7) is -0.106. The lowest BCUT2D eigenvalue weighted by Gasteiger charge is -2.42. The summed E-state index contributed by atoms with van der Waals surface area (Å²) < 4.78 is 9.16. The third-order valence-corrected chi connectivity index (χ3v) is 11.3. The number of aromatic nitrogens is 1. The summed E-state index contributed by atoms with van der Waals surface area (Å²) >= 11 is 0. The fourth-order valence-corrected chi connectivity index (χ4v) is 9.22. The zero-order chi connectivity index (χ0) is 34.6. The molecule has 4 nitrogen and oxygen atoms in total. The van der Waals surface area contributed by atoms with Gasteiger partial charge in [-0.3, -0.25) is 0 Å². The molecule has 0 atom stereocenters. The van der Waals surface area contributed by atoms with Crippen LogP contribution in [0, 0.1) is 0 Å². The number of rotatable bonds is 4. The van der Waals surface area contributed by atoms with Gasteiger partial charge in [-0.2, -0.15) is 0 Å². The fourth-order valence-electron chi connectivity index (χ4n) is 9.22. The second-order valence-electron chi connectivity index (χ2n) is 14.1. The molecule has 0 fully saturated rings. The highest BCUT2D eigenvalue weighted by Gasteiger charge is 2.45. The average Bonchev–Trinajstić information content (AvgIpc) is 3.77. The van der Waals surface area contributed by atoms with E-state index in [1.165, 1.54) is 55.2 Å². The molecule has 0 unspecified atom stereocenters. The van der Waals surface area contributed by atoms with E-state index in [0.717, 1.165) is 44.7 Å². The van der Waals surface area contributed by atoms with Crippen molar-refractivity contribution in [3.8, 4) is 16.8 Å². The van der Waals surface area contributed by atoms with E-state index in [9.17, 15) is 0 Å². The molecule has 0 aliphatic carbocycles. The van der Waals surface area contributed by atoms with Gasteiger partial charge in [0.25, 0.3) is 0 Å². The summed E-state index contributed by atoms with van der Waals surface area (Å²) in [5, 5.41) is 4.73. The van der Waals surface area contributed by atoms with Crippen LogP contribution in [0.15, 0.2) is 186 Å². The van der Waals surface area contributed by atoms with Crippen LogP contribution in [-0.4, -0.2) is 11.4 Å². The normalized spacial score (nSPS) is 12.8. The maximum atomic E-state index is 6.61. The maximum absolute atomic E-state index is 6.61. The summed E-state index contributed by atoms with van der Waals surface area (Å²) in [6, 6.07) is 65.9. The molecule has 10 aromatic rings. The Balaban J connectivity index is 1.31. The largest absolute Gasteiger partial charge is 0.456 e. The van der Waals surface area contributed by atoms with Crippen LogP contribution in [0.1, 0.15) is 0 Å². The van der Waals surface area contributed by atoms with Crippen LogP contribution in [0.4, 0.5) is 28.4 Å². The van der Waals surface area contributed by atoms with Crippen LogP contribution in [0.5, 0.6) is 0 Å². The Morgan fingerprint density at radius 1 is 0.491 bits per heavy atom. The van der Waals surface area contributed by atoms with Gasteiger partial charge in [-0.15, -0.1) is 0 Å². The molecule has 8 aromatic carbocycles. The number of hydrogen-bond donors (Lipinski definition) is 0. The summed E-state index contributed by atoms with van der Waals surface area (Å²) in [4.78, 5) is 4.99. The van der Waals surface area contributed by atoms with E-state index in [-0.39, 0.29) is 6.85 Å². The lowest BCUT2D eigenvalue weighted by Crippen LogP contribution is -2.60. The van der Waals surface area contributed by atoms with Crippen molar-refractivity contribution >= 4 is 90.0 Å². The lowest BCUT2D eigenvalue weighted by atomic mass is 9.44. The second kappa shape index (κ2) is 10.8. The average molecular weight is 676 g/mol. The van der Waals surface area contributed by atoms with E-state index in [1.54, 1.807) is 0 Å². The van der Waals surface area contributed by atoms with Crippen molar-refractivity contribution < 1.29 is 4.42 Å². The van der Waals surface area contributed by atoms with Gasteiger partial charge >= 0.3 is 6.85 Å². The first-order valence-corrected chi connectivity index (χ1v) is 18.2. The summed E-state index contributed by atoms with van der Waals surface area (Å²) in [6.07, 6.45) is 0. The number of furan rings is 1. The van der Waals surface area contributed by atoms with Crippen LogP contribution >= 0.6 is 0 Å². The molecule has 2 aliphatic heterocycles. The van der Waals surface area contributed by atoms with Gasteiger partial charge in [0.15, 0.2) is 0 Å². The topological polar surface area (TPSA) is 24.6 Å². The molecule has 0 radical (unpaired) electrons. The third kappa shape index (κ3) is 3.91. The zero-order valence-electron chi connectivity index (χ0n) is 28.6. The number of hydrogen-bond acceptors (Lipinski definition) is 3. The SMILES string of the molecule is c1ccc(N2B3c4cc5oc6ccccc6c5cc4-n4c5ccccc5c5c(N(c6ccccc6)c6ccccc6)cc(c3c54)-c3ccccc32)cc1. The smallest absolute Gasteiger partial charge is 0.333 e. The summed E-state index contributed by atoms with van der Waals surface area (Å²) in [7, 11) is 0. The van der Waals surface area contributed by atoms with Crippen LogP contribution in [0.2, 0.25) is 0 Å². The van der Waals surface area contributed by atoms with Crippen molar-refractivity contribution in [2.24, 2.45) is 0 Å². The molecule has 4 heterocycles. The Labute approximate surface area is 306 Å². The van der Waals surface area contributed by atoms with Gasteiger partial charge in [-0.05, 0) is 89.3 Å². The van der Waals surface area contributed by atoms with Gasteiger partial charge in [-0.1, -0.05) is 109 Å². The van der Waals surface area contributed by atoms with E-state index in [1.807, 2.05) is 0 Å². The van der Waals surface area contributed by atoms with Crippen molar-refractivity contribution in [2.45, 2.75) is 0 Å². The fraction of sp³-hybridized carbons (Fsp3) is 0. The molecule has 0 amide bonds. The Hall–Kier alpha value is -6.98. The molecule has 53 heavy (non-hydrogen) atoms. The molecule has 0 N–H and O–H groups in total. The number of anilines is 5. The predicted molar refractivity (Wildman–Crippen MR) is 222 cm³/mol. The van der Waals surface area contributed by atoms with E-state index in [4.69, 9.17) is 4.42 Å². The second-order valence-corrected chi connectivity index (χ2v) is 14.1. The van der Waals surface area contributed by atoms with Gasteiger partial charge in [0.05, 0.1) is 16.7 Å². The molecule has 0 saturated heterocycles. The van der Waals surface area contributed by atoms with Crippen molar-refractivity contribution in [1.29, 1.82) is 0 Å². The van der Waals surface area contributed by atoms with Crippen molar-refractivity contribution in [1.82, 2.24) is 4.57 Å². The van der Waals surface area contributed by atoms with Crippen molar-refractivity contribution in [2.75, 3.05) is 9.71 Å². The number of para-hydroxylation sites is 6. The van der Waals surface area contributed by atoms with Crippen molar-refractivity contribution in [3.63, 3.8) is 0 Å². The van der Waals surface area contributed by atoms with Crippen molar-refractivity contribution in [3.05, 3.63) is 182 Å². The van der Waals surface area contributed by atoms with Gasteiger partial charge < -0.3 is 18.7 Å². The quantitative estimate of drug-likeness (QED) is 0.174. The number of benzene rings is 8. The number of fused-ring (bicyclic) bond motifs is 11. The molecule has 0 bridgehead atoms. The van der Waals surface area contributed by atoms with Gasteiger partial charge in [0.1, 0.15) is 11.2 Å². The zero-order valence-corrected chi connectivity index (χ0v) is 28.6. The van der Waals surface area contributed by atoms with E-state index in [2.05, 4.69) is 196 Å². The van der Waals surface area contributed by atoms with Crippen LogP contribution < -0.4 is 20.6 Å². The molecule has 0 saturated carbocycles. The lowest BCUT2D eigenvalue weighted by molar-refractivity contribution is 0.669. The Morgan fingerprint density at radius 2 is 1.13 bits per heavy atom. The molecule has 246 valence electrons. The van der Waals surface area contributed by atoms with Crippen LogP contribution in [-0.2, 0) is 0 Å². The Bertz CT molecular complexity index is 3040. The van der Waals surface area contributed by atoms with E-state index < -0.39 is 0 Å². The van der Waals surface area contributed by atoms with Crippen LogP contribution in [0.25, 0.3) is 60.6 Å². The minimum Gasteiger partial charge on any atom is -0.456 e. The Kier molecular flexibility index (Phi) is 5.83. The highest BCUT2D eigenvalue weighted by atomic mass is 16.3.